The zero-order valence-corrected chi connectivity index (χ0v) is 14.2. The minimum Gasteiger partial charge on any atom is -0.319 e. The minimum absolute atomic E-state index is 0.129. The summed E-state index contributed by atoms with van der Waals surface area (Å²) in [6.45, 7) is 2.28. The molecular weight excluding hydrogens is 330 g/mol. The zero-order chi connectivity index (χ0) is 17.7. The monoisotopic (exact) mass is 347 g/mol. The molecule has 0 aliphatic carbocycles. The van der Waals surface area contributed by atoms with Crippen LogP contribution in [-0.2, 0) is 11.3 Å². The van der Waals surface area contributed by atoms with Crippen LogP contribution in [0.2, 0.25) is 5.02 Å². The van der Waals surface area contributed by atoms with Crippen LogP contribution in [0.25, 0.3) is 0 Å². The topological polar surface area (TPSA) is 75.5 Å². The average Bonchev–Trinajstić information content (AvgIpc) is 2.54. The van der Waals surface area contributed by atoms with Crippen molar-refractivity contribution in [1.82, 2.24) is 4.90 Å². The molecule has 1 amide bonds. The van der Waals surface area contributed by atoms with Gasteiger partial charge in [-0.3, -0.25) is 19.8 Å². The fourth-order valence-corrected chi connectivity index (χ4v) is 2.45. The average molecular weight is 348 g/mol. The van der Waals surface area contributed by atoms with Gasteiger partial charge < -0.3 is 5.32 Å². The molecule has 6 nitrogen and oxygen atoms in total. The van der Waals surface area contributed by atoms with Crippen LogP contribution >= 0.6 is 11.6 Å². The van der Waals surface area contributed by atoms with Crippen molar-refractivity contribution >= 4 is 28.9 Å². The summed E-state index contributed by atoms with van der Waals surface area (Å²) < 4.78 is 0. The van der Waals surface area contributed by atoms with Gasteiger partial charge in [-0.25, -0.2) is 0 Å². The second-order valence-corrected chi connectivity index (χ2v) is 5.92. The number of para-hydroxylation sites is 2. The molecular formula is C17H18ClN3O3. The van der Waals surface area contributed by atoms with Crippen molar-refractivity contribution in [2.24, 2.45) is 0 Å². The largest absolute Gasteiger partial charge is 0.319 e. The highest BCUT2D eigenvalue weighted by atomic mass is 35.5. The van der Waals surface area contributed by atoms with E-state index in [2.05, 4.69) is 5.32 Å². The van der Waals surface area contributed by atoms with E-state index < -0.39 is 11.0 Å². The number of nitrogens with one attached hydrogen (secondary N) is 1. The molecule has 0 heterocycles. The summed E-state index contributed by atoms with van der Waals surface area (Å²) in [5.41, 5.74) is 1.04. The Kier molecular flexibility index (Phi) is 5.89. The van der Waals surface area contributed by atoms with Crippen molar-refractivity contribution < 1.29 is 9.72 Å². The molecule has 1 N–H and O–H groups in total. The zero-order valence-electron chi connectivity index (χ0n) is 13.4. The van der Waals surface area contributed by atoms with Gasteiger partial charge in [0.05, 0.1) is 11.0 Å². The number of hydrogen-bond acceptors (Lipinski definition) is 4. The molecule has 0 bridgehead atoms. The highest BCUT2D eigenvalue weighted by Gasteiger charge is 2.21. The number of benzene rings is 2. The van der Waals surface area contributed by atoms with Crippen LogP contribution in [0.4, 0.5) is 11.4 Å². The molecule has 0 aliphatic heterocycles. The SMILES string of the molecule is C[C@H](C(=O)Nc1ccccc1[N+](=O)[O-])N(C)Cc1cccc(Cl)c1. The van der Waals surface area contributed by atoms with Crippen molar-refractivity contribution in [3.63, 3.8) is 0 Å². The Balaban J connectivity index is 2.05. The van der Waals surface area contributed by atoms with Crippen LogP contribution in [0.5, 0.6) is 0 Å². The molecule has 2 aromatic rings. The van der Waals surface area contributed by atoms with E-state index in [1.807, 2.05) is 30.1 Å². The molecule has 2 rings (SSSR count). The van der Waals surface area contributed by atoms with E-state index in [1.165, 1.54) is 12.1 Å². The summed E-state index contributed by atoms with van der Waals surface area (Å²) in [6.07, 6.45) is 0. The molecule has 0 aromatic heterocycles. The van der Waals surface area contributed by atoms with Crippen LogP contribution in [0, 0.1) is 10.1 Å². The summed E-state index contributed by atoms with van der Waals surface area (Å²) in [4.78, 5) is 24.7. The number of carbonyl (C=O) groups excluding carboxylic acids is 1. The Labute approximate surface area is 145 Å². The Hall–Kier alpha value is -2.44. The first kappa shape index (κ1) is 17.9. The van der Waals surface area contributed by atoms with E-state index in [0.717, 1.165) is 5.56 Å². The van der Waals surface area contributed by atoms with Gasteiger partial charge in [-0.05, 0) is 37.7 Å². The van der Waals surface area contributed by atoms with Gasteiger partial charge in [-0.2, -0.15) is 0 Å². The molecule has 0 fully saturated rings. The van der Waals surface area contributed by atoms with Gasteiger partial charge in [0.25, 0.3) is 5.69 Å². The highest BCUT2D eigenvalue weighted by Crippen LogP contribution is 2.23. The standard InChI is InChI=1S/C17H18ClN3O3/c1-12(20(2)11-13-6-5-7-14(18)10-13)17(22)19-15-8-3-4-9-16(15)21(23)24/h3-10,12H,11H2,1-2H3,(H,19,22)/t12-/m1/s1. The summed E-state index contributed by atoms with van der Waals surface area (Å²) in [5.74, 6) is -0.311. The first-order valence-corrected chi connectivity index (χ1v) is 7.75. The van der Waals surface area contributed by atoms with Crippen LogP contribution < -0.4 is 5.32 Å². The predicted octanol–water partition coefficient (Wildman–Crippen LogP) is 3.71. The van der Waals surface area contributed by atoms with Gasteiger partial charge >= 0.3 is 0 Å². The molecule has 7 heteroatoms. The van der Waals surface area contributed by atoms with E-state index in [1.54, 1.807) is 25.1 Å². The number of anilines is 1. The first-order chi connectivity index (χ1) is 11.4. The number of carbonyl (C=O) groups is 1. The van der Waals surface area contributed by atoms with Crippen molar-refractivity contribution in [2.45, 2.75) is 19.5 Å². The predicted molar refractivity (Wildman–Crippen MR) is 94.1 cm³/mol. The van der Waals surface area contributed by atoms with Gasteiger partial charge in [0.2, 0.25) is 5.91 Å². The lowest BCUT2D eigenvalue weighted by Crippen LogP contribution is -2.39. The van der Waals surface area contributed by atoms with Crippen molar-refractivity contribution in [3.8, 4) is 0 Å². The molecule has 24 heavy (non-hydrogen) atoms. The molecule has 0 saturated carbocycles. The molecule has 0 radical (unpaired) electrons. The number of amides is 1. The number of likely N-dealkylation sites (N-methyl/N-ethyl adjacent to an activating group) is 1. The summed E-state index contributed by atoms with van der Waals surface area (Å²) >= 11 is 5.96. The van der Waals surface area contributed by atoms with Gasteiger partial charge in [0.15, 0.2) is 0 Å². The van der Waals surface area contributed by atoms with Crippen molar-refractivity contribution in [1.29, 1.82) is 0 Å². The van der Waals surface area contributed by atoms with Crippen LogP contribution in [0.15, 0.2) is 48.5 Å². The fourth-order valence-electron chi connectivity index (χ4n) is 2.24. The Morgan fingerprint density at radius 3 is 2.67 bits per heavy atom. The van der Waals surface area contributed by atoms with Crippen molar-refractivity contribution in [3.05, 3.63) is 69.2 Å². The number of rotatable bonds is 6. The lowest BCUT2D eigenvalue weighted by molar-refractivity contribution is -0.383. The van der Waals surface area contributed by atoms with Gasteiger partial charge in [-0.15, -0.1) is 0 Å². The molecule has 0 aliphatic rings. The van der Waals surface area contributed by atoms with Gasteiger partial charge in [0, 0.05) is 17.6 Å². The molecule has 0 spiro atoms. The quantitative estimate of drug-likeness (QED) is 0.638. The Bertz CT molecular complexity index is 751. The van der Waals surface area contributed by atoms with E-state index in [4.69, 9.17) is 11.6 Å². The van der Waals surface area contributed by atoms with E-state index in [-0.39, 0.29) is 17.3 Å². The van der Waals surface area contributed by atoms with Gasteiger partial charge in [0.1, 0.15) is 5.69 Å². The van der Waals surface area contributed by atoms with E-state index in [0.29, 0.717) is 11.6 Å². The van der Waals surface area contributed by atoms with Crippen LogP contribution in [0.3, 0.4) is 0 Å². The molecule has 0 unspecified atom stereocenters. The maximum absolute atomic E-state index is 12.4. The maximum atomic E-state index is 12.4. The van der Waals surface area contributed by atoms with E-state index >= 15 is 0 Å². The van der Waals surface area contributed by atoms with Crippen LogP contribution in [0.1, 0.15) is 12.5 Å². The number of nitrogens with zero attached hydrogens (tertiary/aromatic N) is 2. The first-order valence-electron chi connectivity index (χ1n) is 7.37. The minimum atomic E-state index is -0.518. The number of nitro benzene ring substituents is 1. The third kappa shape index (κ3) is 4.53. The molecule has 126 valence electrons. The molecule has 2 aromatic carbocycles. The lowest BCUT2D eigenvalue weighted by Gasteiger charge is -2.24. The second kappa shape index (κ2) is 7.90. The number of hydrogen-bond donors (Lipinski definition) is 1. The maximum Gasteiger partial charge on any atom is 0.292 e. The third-order valence-corrected chi connectivity index (χ3v) is 3.96. The second-order valence-electron chi connectivity index (χ2n) is 5.48. The highest BCUT2D eigenvalue weighted by molar-refractivity contribution is 6.30. The number of nitro groups is 1. The summed E-state index contributed by atoms with van der Waals surface area (Å²) in [5, 5.41) is 14.3. The Morgan fingerprint density at radius 2 is 2.00 bits per heavy atom. The third-order valence-electron chi connectivity index (χ3n) is 3.72. The number of halogens is 1. The van der Waals surface area contributed by atoms with E-state index in [9.17, 15) is 14.9 Å². The normalized spacial score (nSPS) is 12.0. The fraction of sp³-hybridized carbons (Fsp3) is 0.235. The molecule has 1 atom stereocenters. The van der Waals surface area contributed by atoms with Gasteiger partial charge in [-0.1, -0.05) is 35.9 Å². The Morgan fingerprint density at radius 1 is 1.29 bits per heavy atom. The van der Waals surface area contributed by atoms with Crippen molar-refractivity contribution in [2.75, 3.05) is 12.4 Å². The summed E-state index contributed by atoms with van der Waals surface area (Å²) in [6, 6.07) is 13.0. The lowest BCUT2D eigenvalue weighted by atomic mass is 10.2. The summed E-state index contributed by atoms with van der Waals surface area (Å²) in [7, 11) is 1.81. The van der Waals surface area contributed by atoms with Crippen LogP contribution in [-0.4, -0.2) is 28.8 Å². The molecule has 0 saturated heterocycles. The smallest absolute Gasteiger partial charge is 0.292 e.